The van der Waals surface area contributed by atoms with E-state index in [0.717, 1.165) is 6.07 Å². The molecule has 0 heterocycles. The Kier molecular flexibility index (Phi) is 5.05. The van der Waals surface area contributed by atoms with Crippen molar-refractivity contribution in [2.24, 2.45) is 0 Å². The van der Waals surface area contributed by atoms with Gasteiger partial charge in [-0.25, -0.2) is 8.78 Å². The maximum absolute atomic E-state index is 12.8. The molecular weight excluding hydrogens is 264 g/mol. The van der Waals surface area contributed by atoms with E-state index in [1.165, 1.54) is 13.2 Å². The highest BCUT2D eigenvalue weighted by Crippen LogP contribution is 2.29. The number of hydrogen-bond acceptors (Lipinski definition) is 3. The Labute approximate surface area is 108 Å². The van der Waals surface area contributed by atoms with E-state index in [1.807, 2.05) is 0 Å². The molecule has 1 aromatic carbocycles. The molecule has 0 aliphatic carbocycles. The molecule has 18 heavy (non-hydrogen) atoms. The van der Waals surface area contributed by atoms with Crippen molar-refractivity contribution in [3.63, 3.8) is 0 Å². The van der Waals surface area contributed by atoms with Gasteiger partial charge in [0, 0.05) is 11.4 Å². The quantitative estimate of drug-likeness (QED) is 0.626. The van der Waals surface area contributed by atoms with Crippen molar-refractivity contribution < 1.29 is 18.3 Å². The molecule has 0 aliphatic heterocycles. The van der Waals surface area contributed by atoms with Gasteiger partial charge in [-0.1, -0.05) is 0 Å². The molecular formula is C12H10ClF2NO2. The molecule has 0 atom stereocenters. The van der Waals surface area contributed by atoms with Gasteiger partial charge in [0.15, 0.2) is 0 Å². The van der Waals surface area contributed by atoms with Gasteiger partial charge in [-0.15, -0.1) is 11.6 Å². The summed E-state index contributed by atoms with van der Waals surface area (Å²) in [5, 5.41) is 8.78. The van der Waals surface area contributed by atoms with E-state index < -0.39 is 12.4 Å². The van der Waals surface area contributed by atoms with Crippen molar-refractivity contribution in [1.82, 2.24) is 0 Å². The summed E-state index contributed by atoms with van der Waals surface area (Å²) in [6.07, 6.45) is -2.93. The second-order valence-corrected chi connectivity index (χ2v) is 3.77. The van der Waals surface area contributed by atoms with Crippen LogP contribution < -0.4 is 0 Å². The standard InChI is InChI=1S/C12H10ClF2NO2/c1-18-11(17)4-8-2-7(6-16)3-9(12(14)15)10(8)5-13/h2-3,12H,4-5H2,1H3. The van der Waals surface area contributed by atoms with Crippen LogP contribution in [0, 0.1) is 11.3 Å². The van der Waals surface area contributed by atoms with Crippen LogP contribution >= 0.6 is 11.6 Å². The first kappa shape index (κ1) is 14.4. The molecule has 0 bridgehead atoms. The van der Waals surface area contributed by atoms with Crippen LogP contribution in [0.5, 0.6) is 0 Å². The Bertz CT molecular complexity index is 498. The van der Waals surface area contributed by atoms with Crippen molar-refractivity contribution in [1.29, 1.82) is 5.26 Å². The van der Waals surface area contributed by atoms with E-state index in [4.69, 9.17) is 16.9 Å². The van der Waals surface area contributed by atoms with E-state index in [2.05, 4.69) is 4.74 Å². The van der Waals surface area contributed by atoms with Crippen molar-refractivity contribution in [2.45, 2.75) is 18.7 Å². The summed E-state index contributed by atoms with van der Waals surface area (Å²) < 4.78 is 30.2. The highest BCUT2D eigenvalue weighted by molar-refractivity contribution is 6.17. The number of nitrogens with zero attached hydrogens (tertiary/aromatic N) is 1. The zero-order valence-electron chi connectivity index (χ0n) is 9.54. The maximum atomic E-state index is 12.8. The fourth-order valence-electron chi connectivity index (χ4n) is 1.56. The largest absolute Gasteiger partial charge is 0.469 e. The van der Waals surface area contributed by atoms with Crippen LogP contribution in [0.4, 0.5) is 8.78 Å². The predicted octanol–water partition coefficient (Wildman–Crippen LogP) is 2.95. The fourth-order valence-corrected chi connectivity index (χ4v) is 1.89. The van der Waals surface area contributed by atoms with Gasteiger partial charge >= 0.3 is 5.97 Å². The molecule has 3 nitrogen and oxygen atoms in total. The van der Waals surface area contributed by atoms with Crippen LogP contribution in [0.2, 0.25) is 0 Å². The molecule has 0 N–H and O–H groups in total. The Balaban J connectivity index is 3.34. The van der Waals surface area contributed by atoms with Gasteiger partial charge in [-0.05, 0) is 23.3 Å². The molecule has 0 saturated heterocycles. The number of methoxy groups -OCH3 is 1. The minimum absolute atomic E-state index is 0.0677. The van der Waals surface area contributed by atoms with Gasteiger partial charge in [0.25, 0.3) is 6.43 Å². The van der Waals surface area contributed by atoms with Gasteiger partial charge in [0.2, 0.25) is 0 Å². The summed E-state index contributed by atoms with van der Waals surface area (Å²) in [7, 11) is 1.20. The number of carbonyl (C=O) groups excluding carboxylic acids is 1. The first-order chi connectivity index (χ1) is 8.53. The summed E-state index contributed by atoms with van der Waals surface area (Å²) in [6, 6.07) is 4.24. The topological polar surface area (TPSA) is 50.1 Å². The van der Waals surface area contributed by atoms with E-state index in [-0.39, 0.29) is 29.0 Å². The first-order valence-corrected chi connectivity index (χ1v) is 5.53. The van der Waals surface area contributed by atoms with E-state index in [1.54, 1.807) is 6.07 Å². The lowest BCUT2D eigenvalue weighted by atomic mass is 9.97. The predicted molar refractivity (Wildman–Crippen MR) is 61.4 cm³/mol. The molecule has 0 unspecified atom stereocenters. The number of rotatable bonds is 4. The highest BCUT2D eigenvalue weighted by atomic mass is 35.5. The molecule has 1 aromatic rings. The van der Waals surface area contributed by atoms with Gasteiger partial charge in [0.05, 0.1) is 25.2 Å². The van der Waals surface area contributed by atoms with Crippen LogP contribution in [0.3, 0.4) is 0 Å². The van der Waals surface area contributed by atoms with Crippen molar-refractivity contribution in [3.05, 3.63) is 34.4 Å². The Morgan fingerprint density at radius 2 is 2.22 bits per heavy atom. The Morgan fingerprint density at radius 3 is 2.67 bits per heavy atom. The van der Waals surface area contributed by atoms with Crippen molar-refractivity contribution >= 4 is 17.6 Å². The number of halogens is 3. The van der Waals surface area contributed by atoms with Crippen LogP contribution in [0.15, 0.2) is 12.1 Å². The molecule has 96 valence electrons. The summed E-state index contributed by atoms with van der Waals surface area (Å²) in [5.74, 6) is -0.728. The second kappa shape index (κ2) is 6.31. The number of hydrogen-bond donors (Lipinski definition) is 0. The summed E-state index contributed by atoms with van der Waals surface area (Å²) >= 11 is 5.64. The van der Waals surface area contributed by atoms with Gasteiger partial charge in [-0.3, -0.25) is 4.79 Å². The Morgan fingerprint density at radius 1 is 1.56 bits per heavy atom. The van der Waals surface area contributed by atoms with Gasteiger partial charge < -0.3 is 4.74 Å². The number of nitriles is 1. The first-order valence-electron chi connectivity index (χ1n) is 5.00. The van der Waals surface area contributed by atoms with Gasteiger partial charge in [0.1, 0.15) is 0 Å². The van der Waals surface area contributed by atoms with Crippen molar-refractivity contribution in [3.8, 4) is 6.07 Å². The summed E-state index contributed by atoms with van der Waals surface area (Å²) in [4.78, 5) is 11.2. The molecule has 0 fully saturated rings. The minimum atomic E-state index is -2.75. The van der Waals surface area contributed by atoms with E-state index in [0.29, 0.717) is 5.56 Å². The lowest BCUT2D eigenvalue weighted by Crippen LogP contribution is -2.09. The normalized spacial score (nSPS) is 10.2. The van der Waals surface area contributed by atoms with E-state index >= 15 is 0 Å². The molecule has 1 rings (SSSR count). The highest BCUT2D eigenvalue weighted by Gasteiger charge is 2.19. The molecule has 0 radical (unpaired) electrons. The third kappa shape index (κ3) is 3.17. The molecule has 6 heteroatoms. The van der Waals surface area contributed by atoms with Crippen LogP contribution in [-0.2, 0) is 21.8 Å². The van der Waals surface area contributed by atoms with Gasteiger partial charge in [-0.2, -0.15) is 5.26 Å². The van der Waals surface area contributed by atoms with Crippen LogP contribution in [0.25, 0.3) is 0 Å². The maximum Gasteiger partial charge on any atom is 0.309 e. The average Bonchev–Trinajstić information content (AvgIpc) is 2.37. The molecule has 0 spiro atoms. The number of ether oxygens (including phenoxy) is 1. The smallest absolute Gasteiger partial charge is 0.309 e. The van der Waals surface area contributed by atoms with Crippen LogP contribution in [0.1, 0.15) is 28.7 Å². The Hall–Kier alpha value is -1.67. The number of alkyl halides is 3. The zero-order chi connectivity index (χ0) is 13.7. The fraction of sp³-hybridized carbons (Fsp3) is 0.333. The van der Waals surface area contributed by atoms with E-state index in [9.17, 15) is 13.6 Å². The average molecular weight is 274 g/mol. The number of benzene rings is 1. The van der Waals surface area contributed by atoms with Crippen LogP contribution in [-0.4, -0.2) is 13.1 Å². The minimum Gasteiger partial charge on any atom is -0.469 e. The second-order valence-electron chi connectivity index (χ2n) is 3.50. The summed E-state index contributed by atoms with van der Waals surface area (Å²) in [5.41, 5.74) is 0.225. The molecule has 0 aromatic heterocycles. The van der Waals surface area contributed by atoms with Crippen molar-refractivity contribution in [2.75, 3.05) is 7.11 Å². The monoisotopic (exact) mass is 273 g/mol. The summed E-state index contributed by atoms with van der Waals surface area (Å²) in [6.45, 7) is 0. The lowest BCUT2D eigenvalue weighted by molar-refractivity contribution is -0.139. The third-order valence-corrected chi connectivity index (χ3v) is 2.70. The lowest BCUT2D eigenvalue weighted by Gasteiger charge is -2.12. The molecule has 0 aliphatic rings. The zero-order valence-corrected chi connectivity index (χ0v) is 10.3. The molecule has 0 saturated carbocycles. The number of esters is 1. The molecule has 0 amide bonds. The SMILES string of the molecule is COC(=O)Cc1cc(C#N)cc(C(F)F)c1CCl. The number of carbonyl (C=O) groups is 1. The third-order valence-electron chi connectivity index (χ3n) is 2.44.